The standard InChI is InChI=1S/C22H19BrN2OS/c1-15-12-13-19(18(23)14-15)24-22(27)25-21(26)20(16-8-4-2-5-9-16)17-10-6-3-7-11-17/h2-14,20H,1H3,(H2,24,25,26,27). The van der Waals surface area contributed by atoms with Crippen LogP contribution < -0.4 is 10.6 Å². The van der Waals surface area contributed by atoms with E-state index in [0.717, 1.165) is 26.9 Å². The van der Waals surface area contributed by atoms with Gasteiger partial charge in [-0.05, 0) is 63.9 Å². The minimum absolute atomic E-state index is 0.173. The van der Waals surface area contributed by atoms with Crippen LogP contribution in [-0.4, -0.2) is 11.0 Å². The number of carbonyl (C=O) groups excluding carboxylic acids is 1. The first-order valence-corrected chi connectivity index (χ1v) is 9.72. The summed E-state index contributed by atoms with van der Waals surface area (Å²) >= 11 is 8.87. The molecular formula is C22H19BrN2OS. The summed E-state index contributed by atoms with van der Waals surface area (Å²) in [5, 5.41) is 6.17. The molecule has 0 bridgehead atoms. The fraction of sp³-hybridized carbons (Fsp3) is 0.0909. The molecule has 0 atom stereocenters. The molecule has 0 aliphatic carbocycles. The Morgan fingerprint density at radius 2 is 1.48 bits per heavy atom. The van der Waals surface area contributed by atoms with Crippen LogP contribution in [0.4, 0.5) is 5.69 Å². The zero-order chi connectivity index (χ0) is 19.2. The number of carbonyl (C=O) groups is 1. The summed E-state index contributed by atoms with van der Waals surface area (Å²) in [5.41, 5.74) is 3.78. The van der Waals surface area contributed by atoms with E-state index in [0.29, 0.717) is 0 Å². The van der Waals surface area contributed by atoms with Gasteiger partial charge in [0.05, 0.1) is 11.6 Å². The summed E-state index contributed by atoms with van der Waals surface area (Å²) < 4.78 is 0.891. The highest BCUT2D eigenvalue weighted by atomic mass is 79.9. The molecule has 1 amide bonds. The zero-order valence-corrected chi connectivity index (χ0v) is 17.2. The van der Waals surface area contributed by atoms with E-state index in [2.05, 4.69) is 26.6 Å². The fourth-order valence-corrected chi connectivity index (χ4v) is 3.65. The summed E-state index contributed by atoms with van der Waals surface area (Å²) in [7, 11) is 0. The number of hydrogen-bond acceptors (Lipinski definition) is 2. The molecule has 0 saturated heterocycles. The van der Waals surface area contributed by atoms with E-state index in [9.17, 15) is 4.79 Å². The molecule has 0 aromatic heterocycles. The van der Waals surface area contributed by atoms with Crippen molar-refractivity contribution in [3.05, 3.63) is 100 Å². The summed E-state index contributed by atoms with van der Waals surface area (Å²) in [6.07, 6.45) is 0. The highest BCUT2D eigenvalue weighted by Crippen LogP contribution is 2.26. The SMILES string of the molecule is Cc1ccc(NC(=S)NC(=O)C(c2ccccc2)c2ccccc2)c(Br)c1. The molecule has 0 heterocycles. The molecule has 27 heavy (non-hydrogen) atoms. The number of anilines is 1. The third kappa shape index (κ3) is 5.02. The molecule has 2 N–H and O–H groups in total. The molecule has 3 aromatic rings. The molecular weight excluding hydrogens is 420 g/mol. The number of nitrogens with one attached hydrogen (secondary N) is 2. The summed E-state index contributed by atoms with van der Waals surface area (Å²) in [6.45, 7) is 2.01. The third-order valence-corrected chi connectivity index (χ3v) is 5.00. The van der Waals surface area contributed by atoms with Gasteiger partial charge in [0, 0.05) is 4.47 Å². The van der Waals surface area contributed by atoms with E-state index in [-0.39, 0.29) is 11.0 Å². The van der Waals surface area contributed by atoms with Crippen molar-refractivity contribution < 1.29 is 4.79 Å². The minimum atomic E-state index is -0.436. The average molecular weight is 439 g/mol. The van der Waals surface area contributed by atoms with Crippen molar-refractivity contribution in [2.75, 3.05) is 5.32 Å². The molecule has 0 aliphatic rings. The lowest BCUT2D eigenvalue weighted by molar-refractivity contribution is -0.120. The van der Waals surface area contributed by atoms with E-state index in [1.807, 2.05) is 85.8 Å². The van der Waals surface area contributed by atoms with Crippen molar-refractivity contribution in [3.63, 3.8) is 0 Å². The number of amides is 1. The lowest BCUT2D eigenvalue weighted by atomic mass is 9.90. The maximum atomic E-state index is 13.0. The van der Waals surface area contributed by atoms with Crippen LogP contribution in [0.15, 0.2) is 83.3 Å². The van der Waals surface area contributed by atoms with Gasteiger partial charge in [-0.2, -0.15) is 0 Å². The second-order valence-corrected chi connectivity index (χ2v) is 7.44. The van der Waals surface area contributed by atoms with Gasteiger partial charge >= 0.3 is 0 Å². The van der Waals surface area contributed by atoms with Crippen molar-refractivity contribution in [1.29, 1.82) is 0 Å². The Bertz CT molecular complexity index is 906. The molecule has 3 nitrogen and oxygen atoms in total. The van der Waals surface area contributed by atoms with Gasteiger partial charge in [-0.1, -0.05) is 66.7 Å². The maximum absolute atomic E-state index is 13.0. The summed E-state index contributed by atoms with van der Waals surface area (Å²) in [6, 6.07) is 25.3. The highest BCUT2D eigenvalue weighted by Gasteiger charge is 2.23. The first kappa shape index (κ1) is 19.3. The van der Waals surface area contributed by atoms with Gasteiger partial charge in [0.1, 0.15) is 0 Å². The predicted octanol–water partition coefficient (Wildman–Crippen LogP) is 5.40. The number of hydrogen-bond donors (Lipinski definition) is 2. The Hall–Kier alpha value is -2.50. The van der Waals surface area contributed by atoms with Crippen LogP contribution in [0.2, 0.25) is 0 Å². The van der Waals surface area contributed by atoms with Gasteiger partial charge in [0.25, 0.3) is 0 Å². The van der Waals surface area contributed by atoms with Crippen molar-refractivity contribution in [2.45, 2.75) is 12.8 Å². The van der Waals surface area contributed by atoms with E-state index < -0.39 is 5.92 Å². The van der Waals surface area contributed by atoms with E-state index in [4.69, 9.17) is 12.2 Å². The number of benzene rings is 3. The molecule has 3 aromatic carbocycles. The largest absolute Gasteiger partial charge is 0.331 e. The van der Waals surface area contributed by atoms with Gasteiger partial charge in [0.15, 0.2) is 5.11 Å². The Balaban J connectivity index is 1.79. The highest BCUT2D eigenvalue weighted by molar-refractivity contribution is 9.10. The van der Waals surface area contributed by atoms with Gasteiger partial charge in [-0.15, -0.1) is 0 Å². The van der Waals surface area contributed by atoms with Crippen LogP contribution in [0, 0.1) is 6.92 Å². The van der Waals surface area contributed by atoms with Crippen molar-refractivity contribution in [3.8, 4) is 0 Å². The molecule has 0 saturated carbocycles. The zero-order valence-electron chi connectivity index (χ0n) is 14.8. The van der Waals surface area contributed by atoms with Gasteiger partial charge in [-0.25, -0.2) is 0 Å². The average Bonchev–Trinajstić information content (AvgIpc) is 2.66. The monoisotopic (exact) mass is 438 g/mol. The predicted molar refractivity (Wildman–Crippen MR) is 118 cm³/mol. The molecule has 5 heteroatoms. The quantitative estimate of drug-likeness (QED) is 0.535. The number of aryl methyl sites for hydroxylation is 1. The van der Waals surface area contributed by atoms with E-state index >= 15 is 0 Å². The molecule has 0 radical (unpaired) electrons. The first-order valence-electron chi connectivity index (χ1n) is 8.52. The number of rotatable bonds is 4. The Labute approximate surface area is 172 Å². The Morgan fingerprint density at radius 1 is 0.926 bits per heavy atom. The van der Waals surface area contributed by atoms with Gasteiger partial charge in [0.2, 0.25) is 5.91 Å². The first-order chi connectivity index (χ1) is 13.0. The number of halogens is 1. The van der Waals surface area contributed by atoms with Crippen molar-refractivity contribution in [2.24, 2.45) is 0 Å². The topological polar surface area (TPSA) is 41.1 Å². The molecule has 0 fully saturated rings. The van der Waals surface area contributed by atoms with Crippen molar-refractivity contribution >= 4 is 44.9 Å². The second-order valence-electron chi connectivity index (χ2n) is 6.18. The Kier molecular flexibility index (Phi) is 6.37. The molecule has 136 valence electrons. The van der Waals surface area contributed by atoms with Crippen LogP contribution in [0.5, 0.6) is 0 Å². The number of thiocarbonyl (C=S) groups is 1. The van der Waals surface area contributed by atoms with E-state index in [1.165, 1.54) is 0 Å². The van der Waals surface area contributed by atoms with Crippen molar-refractivity contribution in [1.82, 2.24) is 5.32 Å². The van der Waals surface area contributed by atoms with Gasteiger partial charge < -0.3 is 10.6 Å². The van der Waals surface area contributed by atoms with Crippen LogP contribution in [0.3, 0.4) is 0 Å². The van der Waals surface area contributed by atoms with Crippen LogP contribution >= 0.6 is 28.1 Å². The maximum Gasteiger partial charge on any atom is 0.238 e. The lowest BCUT2D eigenvalue weighted by Crippen LogP contribution is -2.38. The van der Waals surface area contributed by atoms with E-state index in [1.54, 1.807) is 0 Å². The molecule has 0 spiro atoms. The molecule has 0 unspecified atom stereocenters. The fourth-order valence-electron chi connectivity index (χ4n) is 2.85. The third-order valence-electron chi connectivity index (χ3n) is 4.14. The summed E-state index contributed by atoms with van der Waals surface area (Å²) in [4.78, 5) is 13.0. The van der Waals surface area contributed by atoms with Crippen LogP contribution in [0.25, 0.3) is 0 Å². The summed E-state index contributed by atoms with van der Waals surface area (Å²) in [5.74, 6) is -0.609. The lowest BCUT2D eigenvalue weighted by Gasteiger charge is -2.19. The Morgan fingerprint density at radius 3 is 2.00 bits per heavy atom. The smallest absolute Gasteiger partial charge is 0.238 e. The van der Waals surface area contributed by atoms with Gasteiger partial charge in [-0.3, -0.25) is 4.79 Å². The normalized spacial score (nSPS) is 10.5. The molecule has 0 aliphatic heterocycles. The van der Waals surface area contributed by atoms with Crippen LogP contribution in [-0.2, 0) is 4.79 Å². The van der Waals surface area contributed by atoms with Crippen LogP contribution in [0.1, 0.15) is 22.6 Å². The second kappa shape index (κ2) is 8.93. The molecule has 3 rings (SSSR count). The minimum Gasteiger partial charge on any atom is -0.331 e.